The number of methoxy groups -OCH3 is 1. The Morgan fingerprint density at radius 1 is 1.38 bits per heavy atom. The van der Waals surface area contributed by atoms with E-state index in [1.165, 1.54) is 18.4 Å². The monoisotopic (exact) mass is 368 g/mol. The highest BCUT2D eigenvalue weighted by Gasteiger charge is 2.19. The van der Waals surface area contributed by atoms with Gasteiger partial charge in [-0.25, -0.2) is 4.79 Å². The van der Waals surface area contributed by atoms with Crippen LogP contribution in [0.3, 0.4) is 0 Å². The van der Waals surface area contributed by atoms with Crippen molar-refractivity contribution in [3.63, 3.8) is 0 Å². The number of carbonyl (C=O) groups excluding carboxylic acids is 2. The van der Waals surface area contributed by atoms with Crippen molar-refractivity contribution >= 4 is 50.5 Å². The molecule has 7 heteroatoms. The molecule has 0 bridgehead atoms. The molecule has 1 aromatic heterocycles. The Morgan fingerprint density at radius 3 is 2.71 bits per heavy atom. The van der Waals surface area contributed by atoms with Crippen LogP contribution in [0.25, 0.3) is 0 Å². The molecule has 21 heavy (non-hydrogen) atoms. The quantitative estimate of drug-likeness (QED) is 0.642. The number of ether oxygens (including phenoxy) is 1. The van der Waals surface area contributed by atoms with E-state index < -0.39 is 5.97 Å². The lowest BCUT2D eigenvalue weighted by molar-refractivity contribution is 0.0607. The molecule has 0 saturated heterocycles. The van der Waals surface area contributed by atoms with Crippen LogP contribution in [0.15, 0.2) is 28.1 Å². The molecule has 0 aliphatic rings. The maximum absolute atomic E-state index is 12.3. The van der Waals surface area contributed by atoms with Gasteiger partial charge < -0.3 is 15.8 Å². The number of rotatable bonds is 3. The molecule has 0 aliphatic carbocycles. The Labute approximate surface area is 134 Å². The molecule has 2 aromatic rings. The third kappa shape index (κ3) is 3.25. The molecule has 2 rings (SSSR count). The van der Waals surface area contributed by atoms with Crippen LogP contribution in [0, 0.1) is 6.92 Å². The van der Waals surface area contributed by atoms with Crippen molar-refractivity contribution in [2.45, 2.75) is 6.92 Å². The Morgan fingerprint density at radius 2 is 2.10 bits per heavy atom. The molecule has 0 aliphatic heterocycles. The summed E-state index contributed by atoms with van der Waals surface area (Å²) < 4.78 is 5.43. The van der Waals surface area contributed by atoms with Crippen LogP contribution in [0.5, 0.6) is 0 Å². The van der Waals surface area contributed by atoms with E-state index in [-0.39, 0.29) is 5.91 Å². The largest absolute Gasteiger partial charge is 0.465 e. The lowest BCUT2D eigenvalue weighted by Gasteiger charge is -2.08. The summed E-state index contributed by atoms with van der Waals surface area (Å²) in [7, 11) is 1.30. The number of anilines is 2. The van der Waals surface area contributed by atoms with Crippen molar-refractivity contribution in [3.05, 3.63) is 44.1 Å². The highest BCUT2D eigenvalue weighted by atomic mass is 79.9. The number of amides is 1. The minimum absolute atomic E-state index is 0.333. The Balaban J connectivity index is 2.29. The number of hydrogen-bond donors (Lipinski definition) is 2. The molecule has 1 heterocycles. The minimum Gasteiger partial charge on any atom is -0.465 e. The molecular weight excluding hydrogens is 356 g/mol. The third-order valence-electron chi connectivity index (χ3n) is 2.84. The lowest BCUT2D eigenvalue weighted by atomic mass is 10.1. The molecular formula is C14H13BrN2O3S. The highest BCUT2D eigenvalue weighted by molar-refractivity contribution is 9.10. The van der Waals surface area contributed by atoms with E-state index in [9.17, 15) is 9.59 Å². The molecule has 110 valence electrons. The van der Waals surface area contributed by atoms with Gasteiger partial charge in [0, 0.05) is 15.7 Å². The first-order valence-electron chi connectivity index (χ1n) is 5.96. The van der Waals surface area contributed by atoms with Crippen LogP contribution >= 0.6 is 27.3 Å². The SMILES string of the molecule is COC(=O)c1scc(C)c1NC(=O)c1ccc(Br)c(N)c1. The fourth-order valence-electron chi connectivity index (χ4n) is 1.71. The molecule has 1 aromatic carbocycles. The summed E-state index contributed by atoms with van der Waals surface area (Å²) in [5.74, 6) is -0.806. The number of halogens is 1. The van der Waals surface area contributed by atoms with Crippen LogP contribution in [-0.4, -0.2) is 19.0 Å². The third-order valence-corrected chi connectivity index (χ3v) is 4.64. The van der Waals surface area contributed by atoms with Gasteiger partial charge in [0.15, 0.2) is 0 Å². The standard InChI is InChI=1S/C14H13BrN2O3S/c1-7-6-21-12(14(19)20-2)11(7)17-13(18)8-3-4-9(15)10(16)5-8/h3-6H,16H2,1-2H3,(H,17,18). The van der Waals surface area contributed by atoms with Gasteiger partial charge in [-0.3, -0.25) is 4.79 Å². The number of thiophene rings is 1. The smallest absolute Gasteiger partial charge is 0.350 e. The summed E-state index contributed by atoms with van der Waals surface area (Å²) in [6.45, 7) is 1.81. The van der Waals surface area contributed by atoms with E-state index in [2.05, 4.69) is 21.2 Å². The van der Waals surface area contributed by atoms with E-state index in [0.717, 1.165) is 10.0 Å². The van der Waals surface area contributed by atoms with Crippen molar-refractivity contribution in [1.82, 2.24) is 0 Å². The van der Waals surface area contributed by atoms with Crippen molar-refractivity contribution in [2.24, 2.45) is 0 Å². The molecule has 0 saturated carbocycles. The van der Waals surface area contributed by atoms with Crippen LogP contribution < -0.4 is 11.1 Å². The van der Waals surface area contributed by atoms with Gasteiger partial charge in [-0.05, 0) is 52.0 Å². The number of nitrogens with one attached hydrogen (secondary N) is 1. The number of hydrogen-bond acceptors (Lipinski definition) is 5. The van der Waals surface area contributed by atoms with Gasteiger partial charge in [0.1, 0.15) is 4.88 Å². The lowest BCUT2D eigenvalue weighted by Crippen LogP contribution is -2.15. The topological polar surface area (TPSA) is 81.4 Å². The molecule has 0 radical (unpaired) electrons. The summed E-state index contributed by atoms with van der Waals surface area (Å²) in [6.07, 6.45) is 0. The first-order chi connectivity index (χ1) is 9.93. The normalized spacial score (nSPS) is 10.2. The molecule has 3 N–H and O–H groups in total. The van der Waals surface area contributed by atoms with Gasteiger partial charge in [-0.15, -0.1) is 11.3 Å². The number of esters is 1. The number of carbonyl (C=O) groups is 2. The zero-order chi connectivity index (χ0) is 15.6. The first-order valence-corrected chi connectivity index (χ1v) is 7.64. The Hall–Kier alpha value is -1.86. The van der Waals surface area contributed by atoms with Crippen molar-refractivity contribution in [3.8, 4) is 0 Å². The van der Waals surface area contributed by atoms with Gasteiger partial charge in [0.25, 0.3) is 5.91 Å². The van der Waals surface area contributed by atoms with Crippen LogP contribution in [0.2, 0.25) is 0 Å². The Kier molecular flexibility index (Phi) is 4.64. The molecule has 1 amide bonds. The second-order valence-corrected chi connectivity index (χ2v) is 6.04. The van der Waals surface area contributed by atoms with E-state index in [0.29, 0.717) is 21.8 Å². The zero-order valence-electron chi connectivity index (χ0n) is 11.4. The van der Waals surface area contributed by atoms with Crippen LogP contribution in [0.1, 0.15) is 25.6 Å². The number of aryl methyl sites for hydroxylation is 1. The predicted octanol–water partition coefficient (Wildman–Crippen LogP) is 3.44. The fourth-order valence-corrected chi connectivity index (χ4v) is 2.88. The van der Waals surface area contributed by atoms with Crippen LogP contribution in [-0.2, 0) is 4.74 Å². The van der Waals surface area contributed by atoms with Crippen molar-refractivity contribution in [2.75, 3.05) is 18.2 Å². The van der Waals surface area contributed by atoms with Gasteiger partial charge in [-0.1, -0.05) is 0 Å². The average molecular weight is 369 g/mol. The van der Waals surface area contributed by atoms with Gasteiger partial charge >= 0.3 is 5.97 Å². The van der Waals surface area contributed by atoms with Crippen molar-refractivity contribution < 1.29 is 14.3 Å². The van der Waals surface area contributed by atoms with E-state index in [4.69, 9.17) is 10.5 Å². The Bertz CT molecular complexity index is 712. The van der Waals surface area contributed by atoms with Crippen molar-refractivity contribution in [1.29, 1.82) is 0 Å². The second-order valence-electron chi connectivity index (χ2n) is 4.30. The maximum atomic E-state index is 12.3. The number of nitrogen functional groups attached to an aromatic ring is 1. The van der Waals surface area contributed by atoms with Crippen LogP contribution in [0.4, 0.5) is 11.4 Å². The fraction of sp³-hybridized carbons (Fsp3) is 0.143. The summed E-state index contributed by atoms with van der Waals surface area (Å²) >= 11 is 4.50. The minimum atomic E-state index is -0.473. The van der Waals surface area contributed by atoms with E-state index >= 15 is 0 Å². The maximum Gasteiger partial charge on any atom is 0.350 e. The zero-order valence-corrected chi connectivity index (χ0v) is 13.8. The molecule has 0 spiro atoms. The second kappa shape index (κ2) is 6.28. The molecule has 5 nitrogen and oxygen atoms in total. The van der Waals surface area contributed by atoms with Gasteiger partial charge in [-0.2, -0.15) is 0 Å². The highest BCUT2D eigenvalue weighted by Crippen LogP contribution is 2.29. The summed E-state index contributed by atoms with van der Waals surface area (Å²) in [5, 5.41) is 4.53. The van der Waals surface area contributed by atoms with E-state index in [1.54, 1.807) is 23.6 Å². The number of benzene rings is 1. The summed E-state index contributed by atoms with van der Waals surface area (Å²) in [5.41, 5.74) is 7.92. The first kappa shape index (κ1) is 15.5. The average Bonchev–Trinajstić information content (AvgIpc) is 2.82. The van der Waals surface area contributed by atoms with Gasteiger partial charge in [0.2, 0.25) is 0 Å². The number of nitrogens with two attached hydrogens (primary N) is 1. The molecule has 0 unspecified atom stereocenters. The van der Waals surface area contributed by atoms with Gasteiger partial charge in [0.05, 0.1) is 12.8 Å². The van der Waals surface area contributed by atoms with E-state index in [1.807, 2.05) is 6.92 Å². The predicted molar refractivity (Wildman–Crippen MR) is 86.9 cm³/mol. The molecule has 0 atom stereocenters. The summed E-state index contributed by atoms with van der Waals surface area (Å²) in [4.78, 5) is 24.3. The summed E-state index contributed by atoms with van der Waals surface area (Å²) in [6, 6.07) is 4.92. The molecule has 0 fully saturated rings.